The van der Waals surface area contributed by atoms with Crippen LogP contribution < -0.4 is 5.32 Å². The van der Waals surface area contributed by atoms with Gasteiger partial charge in [-0.15, -0.1) is 0 Å². The molecule has 1 fully saturated rings. The monoisotopic (exact) mass is 305 g/mol. The smallest absolute Gasteiger partial charge is 0.254 e. The summed E-state index contributed by atoms with van der Waals surface area (Å²) in [7, 11) is -3.12. The fourth-order valence-electron chi connectivity index (χ4n) is 2.06. The van der Waals surface area contributed by atoms with E-state index < -0.39 is 26.8 Å². The fourth-order valence-corrected chi connectivity index (χ4v) is 4.00. The molecule has 4 nitrogen and oxygen atoms in total. The second-order valence-corrected chi connectivity index (χ2v) is 7.30. The average molecular weight is 306 g/mol. The maximum atomic E-state index is 13.4. The highest BCUT2D eigenvalue weighted by atomic mass is 35.5. The molecule has 0 bridgehead atoms. The second-order valence-electron chi connectivity index (χ2n) is 4.47. The van der Waals surface area contributed by atoms with Crippen LogP contribution in [0.25, 0.3) is 0 Å². The number of nitrogens with one attached hydrogen (secondary N) is 1. The van der Waals surface area contributed by atoms with E-state index in [1.165, 1.54) is 12.1 Å². The van der Waals surface area contributed by atoms with E-state index in [2.05, 4.69) is 5.32 Å². The van der Waals surface area contributed by atoms with Crippen molar-refractivity contribution in [2.24, 2.45) is 0 Å². The van der Waals surface area contributed by atoms with Crippen molar-refractivity contribution < 1.29 is 17.6 Å². The number of amides is 1. The van der Waals surface area contributed by atoms with Gasteiger partial charge in [-0.2, -0.15) is 0 Å². The zero-order valence-corrected chi connectivity index (χ0v) is 11.6. The summed E-state index contributed by atoms with van der Waals surface area (Å²) in [6.07, 6.45) is 1.13. The summed E-state index contributed by atoms with van der Waals surface area (Å²) in [4.78, 5) is 11.8. The van der Waals surface area contributed by atoms with Crippen molar-refractivity contribution in [3.05, 3.63) is 34.6 Å². The molecule has 1 aliphatic rings. The van der Waals surface area contributed by atoms with Gasteiger partial charge in [-0.25, -0.2) is 12.8 Å². The zero-order valence-electron chi connectivity index (χ0n) is 10.0. The number of carbonyl (C=O) groups excluding carboxylic acids is 1. The maximum Gasteiger partial charge on any atom is 0.254 e. The van der Waals surface area contributed by atoms with Gasteiger partial charge in [0.15, 0.2) is 9.84 Å². The lowest BCUT2D eigenvalue weighted by molar-refractivity contribution is 0.0949. The molecule has 1 unspecified atom stereocenters. The van der Waals surface area contributed by atoms with Crippen LogP contribution in [-0.2, 0) is 9.84 Å². The SMILES string of the molecule is O=C(NCC1CCCS1(=O)=O)c1cc(Cl)ccc1F. The van der Waals surface area contributed by atoms with E-state index in [4.69, 9.17) is 11.6 Å². The van der Waals surface area contributed by atoms with Crippen LogP contribution >= 0.6 is 11.6 Å². The van der Waals surface area contributed by atoms with Gasteiger partial charge in [0, 0.05) is 11.6 Å². The quantitative estimate of drug-likeness (QED) is 0.926. The van der Waals surface area contributed by atoms with Crippen LogP contribution in [0.2, 0.25) is 5.02 Å². The standard InChI is InChI=1S/C12H13ClFNO3S/c13-8-3-4-11(14)10(6-8)12(16)15-7-9-2-1-5-19(9,17)18/h3-4,6,9H,1-2,5,7H2,(H,15,16). The van der Waals surface area contributed by atoms with E-state index in [1.807, 2.05) is 0 Å². The van der Waals surface area contributed by atoms with Crippen molar-refractivity contribution in [1.82, 2.24) is 5.32 Å². The molecular weight excluding hydrogens is 293 g/mol. The summed E-state index contributed by atoms with van der Waals surface area (Å²) >= 11 is 5.69. The van der Waals surface area contributed by atoms with E-state index >= 15 is 0 Å². The highest BCUT2D eigenvalue weighted by molar-refractivity contribution is 7.92. The molecule has 1 amide bonds. The molecule has 0 radical (unpaired) electrons. The predicted octanol–water partition coefficient (Wildman–Crippen LogP) is 1.79. The normalized spacial score (nSPS) is 21.3. The van der Waals surface area contributed by atoms with E-state index in [0.29, 0.717) is 12.8 Å². The minimum atomic E-state index is -3.12. The molecule has 0 aromatic heterocycles. The number of sulfone groups is 1. The van der Waals surface area contributed by atoms with E-state index in [1.54, 1.807) is 0 Å². The minimum Gasteiger partial charge on any atom is -0.351 e. The molecule has 0 aliphatic carbocycles. The van der Waals surface area contributed by atoms with Gasteiger partial charge in [-0.3, -0.25) is 4.79 Å². The topological polar surface area (TPSA) is 63.2 Å². The molecule has 0 saturated carbocycles. The molecule has 2 rings (SSSR count). The van der Waals surface area contributed by atoms with Crippen LogP contribution in [0.15, 0.2) is 18.2 Å². The highest BCUT2D eigenvalue weighted by Gasteiger charge is 2.31. The molecule has 7 heteroatoms. The molecule has 1 aromatic rings. The Kier molecular flexibility index (Phi) is 4.10. The molecule has 104 valence electrons. The molecule has 0 spiro atoms. The van der Waals surface area contributed by atoms with Crippen LogP contribution in [-0.4, -0.2) is 31.9 Å². The van der Waals surface area contributed by atoms with Crippen LogP contribution in [0.5, 0.6) is 0 Å². The minimum absolute atomic E-state index is 0.00706. The van der Waals surface area contributed by atoms with Crippen molar-refractivity contribution in [3.8, 4) is 0 Å². The Labute approximate surface area is 115 Å². The Morgan fingerprint density at radius 1 is 1.47 bits per heavy atom. The molecule has 1 aliphatic heterocycles. The maximum absolute atomic E-state index is 13.4. The Morgan fingerprint density at radius 3 is 2.84 bits per heavy atom. The molecule has 1 atom stereocenters. The van der Waals surface area contributed by atoms with Gasteiger partial charge >= 0.3 is 0 Å². The van der Waals surface area contributed by atoms with Gasteiger partial charge in [0.1, 0.15) is 5.82 Å². The molecule has 1 N–H and O–H groups in total. The van der Waals surface area contributed by atoms with Crippen molar-refractivity contribution in [3.63, 3.8) is 0 Å². The van der Waals surface area contributed by atoms with Gasteiger partial charge in [-0.1, -0.05) is 11.6 Å². The van der Waals surface area contributed by atoms with Crippen LogP contribution in [0.3, 0.4) is 0 Å². The number of hydrogen-bond acceptors (Lipinski definition) is 3. The first kappa shape index (κ1) is 14.3. The van der Waals surface area contributed by atoms with Gasteiger partial charge < -0.3 is 5.32 Å². The third-order valence-corrected chi connectivity index (χ3v) is 5.64. The third kappa shape index (κ3) is 3.25. The van der Waals surface area contributed by atoms with Gasteiger partial charge in [0.05, 0.1) is 16.6 Å². The Balaban J connectivity index is 2.04. The molecule has 19 heavy (non-hydrogen) atoms. The van der Waals surface area contributed by atoms with E-state index in [9.17, 15) is 17.6 Å². The van der Waals surface area contributed by atoms with Crippen LogP contribution in [0.1, 0.15) is 23.2 Å². The number of rotatable bonds is 3. The van der Waals surface area contributed by atoms with E-state index in [-0.39, 0.29) is 22.9 Å². The second kappa shape index (κ2) is 5.46. The third-order valence-electron chi connectivity index (χ3n) is 3.13. The lowest BCUT2D eigenvalue weighted by atomic mass is 10.2. The van der Waals surface area contributed by atoms with Gasteiger partial charge in [-0.05, 0) is 31.0 Å². The lowest BCUT2D eigenvalue weighted by Crippen LogP contribution is -2.35. The highest BCUT2D eigenvalue weighted by Crippen LogP contribution is 2.19. The van der Waals surface area contributed by atoms with Gasteiger partial charge in [0.25, 0.3) is 5.91 Å². The van der Waals surface area contributed by atoms with Crippen LogP contribution in [0, 0.1) is 5.82 Å². The largest absolute Gasteiger partial charge is 0.351 e. The Hall–Kier alpha value is -1.14. The summed E-state index contributed by atoms with van der Waals surface area (Å²) in [5.74, 6) is -1.18. The van der Waals surface area contributed by atoms with Crippen molar-refractivity contribution >= 4 is 27.3 Å². The Bertz CT molecular complexity index is 603. The van der Waals surface area contributed by atoms with Crippen molar-refractivity contribution in [2.45, 2.75) is 18.1 Å². The number of hydrogen-bond donors (Lipinski definition) is 1. The van der Waals surface area contributed by atoms with Gasteiger partial charge in [0.2, 0.25) is 0 Å². The first-order valence-electron chi connectivity index (χ1n) is 5.85. The number of halogens is 2. The summed E-state index contributed by atoms with van der Waals surface area (Å²) in [5.41, 5.74) is -0.178. The first-order chi connectivity index (χ1) is 8.90. The molecule has 1 aromatic carbocycles. The molecule has 1 saturated heterocycles. The first-order valence-corrected chi connectivity index (χ1v) is 7.94. The summed E-state index contributed by atoms with van der Waals surface area (Å²) in [6.45, 7) is 0.00706. The van der Waals surface area contributed by atoms with Crippen molar-refractivity contribution in [1.29, 1.82) is 0 Å². The number of carbonyl (C=O) groups is 1. The fraction of sp³-hybridized carbons (Fsp3) is 0.417. The lowest BCUT2D eigenvalue weighted by Gasteiger charge is -2.11. The Morgan fingerprint density at radius 2 is 2.21 bits per heavy atom. The number of benzene rings is 1. The van der Waals surface area contributed by atoms with Crippen LogP contribution in [0.4, 0.5) is 4.39 Å². The summed E-state index contributed by atoms with van der Waals surface area (Å²) in [6, 6.07) is 3.66. The predicted molar refractivity (Wildman–Crippen MR) is 70.6 cm³/mol. The molecule has 1 heterocycles. The van der Waals surface area contributed by atoms with Crippen molar-refractivity contribution in [2.75, 3.05) is 12.3 Å². The molecular formula is C12H13ClFNO3S. The van der Waals surface area contributed by atoms with E-state index in [0.717, 1.165) is 6.07 Å². The summed E-state index contributed by atoms with van der Waals surface area (Å²) < 4.78 is 36.6. The zero-order chi connectivity index (χ0) is 14.0. The average Bonchev–Trinajstić information content (AvgIpc) is 2.68. The summed E-state index contributed by atoms with van der Waals surface area (Å²) in [5, 5.41) is 2.13.